The molecular weight excluding hydrogens is 335 g/mol. The summed E-state index contributed by atoms with van der Waals surface area (Å²) in [7, 11) is 1.14. The maximum Gasteiger partial charge on any atom is 0.471 e. The molecule has 0 saturated carbocycles. The van der Waals surface area contributed by atoms with Crippen LogP contribution in [0.2, 0.25) is 0 Å². The Morgan fingerprint density at radius 1 is 1.04 bits per heavy atom. The molecule has 2 aromatic rings. The number of hydrogen-bond acceptors (Lipinski definition) is 3. The van der Waals surface area contributed by atoms with Gasteiger partial charge in [0.25, 0.3) is 0 Å². The zero-order valence-corrected chi connectivity index (χ0v) is 13.0. The number of methoxy groups -OCH3 is 1. The Labute approximate surface area is 141 Å². The number of rotatable bonds is 2. The molecule has 0 aliphatic heterocycles. The minimum atomic E-state index is -5.06. The Morgan fingerprint density at radius 3 is 2.32 bits per heavy atom. The topological polar surface area (TPSA) is 55.4 Å². The molecule has 0 aliphatic carbocycles. The smallest absolute Gasteiger partial charge is 0.465 e. The summed E-state index contributed by atoms with van der Waals surface area (Å²) in [6.07, 6.45) is -5.06. The first-order chi connectivity index (χ1) is 11.8. The molecule has 7 heteroatoms. The third-order valence-electron chi connectivity index (χ3n) is 3.06. The summed E-state index contributed by atoms with van der Waals surface area (Å²) in [4.78, 5) is 22.8. The number of carbonyl (C=O) groups is 2. The molecule has 0 aromatic heterocycles. The second-order valence-electron chi connectivity index (χ2n) is 4.82. The fourth-order valence-electron chi connectivity index (χ4n) is 1.86. The lowest BCUT2D eigenvalue weighted by Crippen LogP contribution is -2.30. The third kappa shape index (κ3) is 4.85. The van der Waals surface area contributed by atoms with Crippen molar-refractivity contribution in [2.24, 2.45) is 0 Å². The quantitative estimate of drug-likeness (QED) is 0.669. The molecule has 0 spiro atoms. The largest absolute Gasteiger partial charge is 0.471 e. The molecule has 0 atom stereocenters. The lowest BCUT2D eigenvalue weighted by Gasteiger charge is -2.11. The molecule has 0 radical (unpaired) electrons. The van der Waals surface area contributed by atoms with E-state index in [1.807, 2.05) is 0 Å². The second-order valence-corrected chi connectivity index (χ2v) is 4.82. The van der Waals surface area contributed by atoms with Gasteiger partial charge in [0.2, 0.25) is 0 Å². The van der Waals surface area contributed by atoms with E-state index in [4.69, 9.17) is 0 Å². The third-order valence-corrected chi connectivity index (χ3v) is 3.06. The highest BCUT2D eigenvalue weighted by molar-refractivity contribution is 5.98. The van der Waals surface area contributed by atoms with E-state index in [2.05, 4.69) is 16.6 Å². The van der Waals surface area contributed by atoms with Gasteiger partial charge in [0.1, 0.15) is 0 Å². The van der Waals surface area contributed by atoms with E-state index in [1.165, 1.54) is 12.1 Å². The molecule has 1 N–H and O–H groups in total. The number of esters is 1. The van der Waals surface area contributed by atoms with Crippen molar-refractivity contribution in [3.8, 4) is 11.8 Å². The molecule has 0 unspecified atom stereocenters. The van der Waals surface area contributed by atoms with Gasteiger partial charge in [-0.25, -0.2) is 4.79 Å². The molecule has 2 aromatic carbocycles. The van der Waals surface area contributed by atoms with E-state index < -0.39 is 18.1 Å². The standard InChI is InChI=1S/C18H12F3NO3/c1-25-16(23)14-10-9-13(8-7-12-5-3-2-4-6-12)15(11-14)22-17(24)18(19,20)21/h2-6,9-11H,1H3,(H,22,24). The van der Waals surface area contributed by atoms with Gasteiger partial charge in [-0.05, 0) is 30.3 Å². The number of amides is 1. The van der Waals surface area contributed by atoms with Crippen LogP contribution in [0.15, 0.2) is 48.5 Å². The first kappa shape index (κ1) is 18.1. The number of ether oxygens (including phenoxy) is 1. The summed E-state index contributed by atoms with van der Waals surface area (Å²) >= 11 is 0. The van der Waals surface area contributed by atoms with Crippen molar-refractivity contribution in [2.75, 3.05) is 12.4 Å². The Morgan fingerprint density at radius 2 is 1.72 bits per heavy atom. The van der Waals surface area contributed by atoms with Gasteiger partial charge in [0, 0.05) is 11.1 Å². The van der Waals surface area contributed by atoms with Crippen molar-refractivity contribution >= 4 is 17.6 Å². The van der Waals surface area contributed by atoms with E-state index >= 15 is 0 Å². The molecule has 0 saturated heterocycles. The van der Waals surface area contributed by atoms with Gasteiger partial charge in [-0.3, -0.25) is 4.79 Å². The van der Waals surface area contributed by atoms with Crippen LogP contribution in [0.5, 0.6) is 0 Å². The molecule has 128 valence electrons. The maximum atomic E-state index is 12.5. The molecular formula is C18H12F3NO3. The van der Waals surface area contributed by atoms with Crippen LogP contribution in [-0.2, 0) is 9.53 Å². The van der Waals surface area contributed by atoms with Crippen molar-refractivity contribution in [2.45, 2.75) is 6.18 Å². The van der Waals surface area contributed by atoms with E-state index in [1.54, 1.807) is 35.6 Å². The number of hydrogen-bond donors (Lipinski definition) is 1. The number of nitrogens with one attached hydrogen (secondary N) is 1. The molecule has 1 amide bonds. The van der Waals surface area contributed by atoms with Crippen LogP contribution >= 0.6 is 0 Å². The predicted molar refractivity (Wildman–Crippen MR) is 84.9 cm³/mol. The van der Waals surface area contributed by atoms with Crippen LogP contribution < -0.4 is 5.32 Å². The van der Waals surface area contributed by atoms with E-state index in [0.717, 1.165) is 13.2 Å². The van der Waals surface area contributed by atoms with Crippen LogP contribution in [0.25, 0.3) is 0 Å². The van der Waals surface area contributed by atoms with Gasteiger partial charge >= 0.3 is 18.1 Å². The molecule has 25 heavy (non-hydrogen) atoms. The minimum Gasteiger partial charge on any atom is -0.465 e. The van der Waals surface area contributed by atoms with Gasteiger partial charge in [-0.1, -0.05) is 30.0 Å². The summed E-state index contributed by atoms with van der Waals surface area (Å²) in [5.74, 6) is 2.56. The van der Waals surface area contributed by atoms with Crippen molar-refractivity contribution in [3.05, 3.63) is 65.2 Å². The molecule has 0 fully saturated rings. The van der Waals surface area contributed by atoms with Gasteiger partial charge in [-0.15, -0.1) is 0 Å². The zero-order valence-electron chi connectivity index (χ0n) is 13.0. The molecule has 0 bridgehead atoms. The molecule has 4 nitrogen and oxygen atoms in total. The summed E-state index contributed by atoms with van der Waals surface area (Å²) in [5.41, 5.74) is 0.542. The monoisotopic (exact) mass is 347 g/mol. The minimum absolute atomic E-state index is 0.00904. The molecule has 2 rings (SSSR count). The molecule has 0 aliphatic rings. The van der Waals surface area contributed by atoms with Crippen molar-refractivity contribution < 1.29 is 27.5 Å². The average Bonchev–Trinajstić information content (AvgIpc) is 2.60. The Balaban J connectivity index is 2.43. The number of alkyl halides is 3. The lowest BCUT2D eigenvalue weighted by molar-refractivity contribution is -0.167. The average molecular weight is 347 g/mol. The summed E-state index contributed by atoms with van der Waals surface area (Å²) in [6, 6.07) is 12.6. The van der Waals surface area contributed by atoms with Crippen molar-refractivity contribution in [1.29, 1.82) is 0 Å². The van der Waals surface area contributed by atoms with Crippen LogP contribution in [0.3, 0.4) is 0 Å². The van der Waals surface area contributed by atoms with Gasteiger partial charge in [0.05, 0.1) is 18.4 Å². The lowest BCUT2D eigenvalue weighted by atomic mass is 10.1. The van der Waals surface area contributed by atoms with Crippen LogP contribution in [-0.4, -0.2) is 25.2 Å². The Hall–Kier alpha value is -3.27. The first-order valence-corrected chi connectivity index (χ1v) is 6.99. The highest BCUT2D eigenvalue weighted by Gasteiger charge is 2.39. The zero-order chi connectivity index (χ0) is 18.4. The number of anilines is 1. The normalized spacial score (nSPS) is 10.4. The van der Waals surface area contributed by atoms with E-state index in [-0.39, 0.29) is 16.8 Å². The highest BCUT2D eigenvalue weighted by atomic mass is 19.4. The van der Waals surface area contributed by atoms with Crippen molar-refractivity contribution in [1.82, 2.24) is 0 Å². The second kappa shape index (κ2) is 7.53. The fraction of sp³-hybridized carbons (Fsp3) is 0.111. The van der Waals surface area contributed by atoms with Crippen molar-refractivity contribution in [3.63, 3.8) is 0 Å². The summed E-state index contributed by atoms with van der Waals surface area (Å²) in [6.45, 7) is 0. The summed E-state index contributed by atoms with van der Waals surface area (Å²) in [5, 5.41) is 1.73. The molecule has 0 heterocycles. The van der Waals surface area contributed by atoms with Crippen LogP contribution in [0, 0.1) is 11.8 Å². The first-order valence-electron chi connectivity index (χ1n) is 6.99. The van der Waals surface area contributed by atoms with Gasteiger partial charge < -0.3 is 10.1 Å². The van der Waals surface area contributed by atoms with Gasteiger partial charge in [0.15, 0.2) is 0 Å². The van der Waals surface area contributed by atoms with E-state index in [0.29, 0.717) is 5.56 Å². The van der Waals surface area contributed by atoms with Gasteiger partial charge in [-0.2, -0.15) is 13.2 Å². The Bertz CT molecular complexity index is 849. The predicted octanol–water partition coefficient (Wildman–Crippen LogP) is 3.37. The van der Waals surface area contributed by atoms with Crippen LogP contribution in [0.1, 0.15) is 21.5 Å². The number of carbonyl (C=O) groups excluding carboxylic acids is 2. The maximum absolute atomic E-state index is 12.5. The fourth-order valence-corrected chi connectivity index (χ4v) is 1.86. The number of benzene rings is 2. The van der Waals surface area contributed by atoms with Crippen LogP contribution in [0.4, 0.5) is 18.9 Å². The Kier molecular flexibility index (Phi) is 5.45. The highest BCUT2D eigenvalue weighted by Crippen LogP contribution is 2.22. The number of halogens is 3. The van der Waals surface area contributed by atoms with E-state index in [9.17, 15) is 22.8 Å². The summed E-state index contributed by atoms with van der Waals surface area (Å²) < 4.78 is 42.0. The SMILES string of the molecule is COC(=O)c1ccc(C#Cc2ccccc2)c(NC(=O)C(F)(F)F)c1.